The zero-order valence-electron chi connectivity index (χ0n) is 21.9. The lowest BCUT2D eigenvalue weighted by molar-refractivity contribution is -0.118. The molecule has 0 N–H and O–H groups in total. The van der Waals surface area contributed by atoms with Gasteiger partial charge in [0.15, 0.2) is 11.5 Å². The molecule has 4 aromatic carbocycles. The minimum absolute atomic E-state index is 0.234. The molecule has 2 aliphatic heterocycles. The van der Waals surface area contributed by atoms with Gasteiger partial charge in [0, 0.05) is 27.0 Å². The van der Waals surface area contributed by atoms with Crippen molar-refractivity contribution < 1.29 is 19.1 Å². The lowest BCUT2D eigenvalue weighted by atomic mass is 9.93. The van der Waals surface area contributed by atoms with E-state index >= 15 is 0 Å². The number of methoxy groups -OCH3 is 2. The summed E-state index contributed by atoms with van der Waals surface area (Å²) in [6.45, 7) is 0. The number of rotatable bonds is 6. The Morgan fingerprint density at radius 1 is 0.725 bits per heavy atom. The maximum Gasteiger partial charge on any atom is 0.276 e. The van der Waals surface area contributed by atoms with Crippen molar-refractivity contribution in [3.63, 3.8) is 0 Å². The van der Waals surface area contributed by atoms with E-state index in [0.29, 0.717) is 34.0 Å². The third-order valence-electron chi connectivity index (χ3n) is 7.11. The van der Waals surface area contributed by atoms with Crippen molar-refractivity contribution >= 4 is 45.2 Å². The fourth-order valence-electron chi connectivity index (χ4n) is 5.32. The van der Waals surface area contributed by atoms with Crippen LogP contribution in [0.3, 0.4) is 0 Å². The molecule has 6 nitrogen and oxygen atoms in total. The van der Waals surface area contributed by atoms with Gasteiger partial charge in [-0.3, -0.25) is 19.4 Å². The highest BCUT2D eigenvalue weighted by molar-refractivity contribution is 9.10. The summed E-state index contributed by atoms with van der Waals surface area (Å²) < 4.78 is 11.8. The Bertz CT molecular complexity index is 1660. The van der Waals surface area contributed by atoms with Crippen LogP contribution in [-0.2, 0) is 9.59 Å². The van der Waals surface area contributed by atoms with Crippen molar-refractivity contribution in [2.75, 3.05) is 24.0 Å². The standard InChI is InChI=1S/C33H25BrN2O4/c1-39-27-18-13-21(20-28(27)40-2)19-26-29-30(22-14-16-23(34)17-15-22)35(24-9-5-3-6-10-24)33(38)31(29)36(32(26)37)25-11-7-4-8-12-25/h3-20,30H,1-2H3. The van der Waals surface area contributed by atoms with Gasteiger partial charge < -0.3 is 9.47 Å². The van der Waals surface area contributed by atoms with E-state index in [1.807, 2.05) is 103 Å². The third kappa shape index (κ3) is 4.28. The maximum absolute atomic E-state index is 14.4. The minimum Gasteiger partial charge on any atom is -0.493 e. The first-order valence-corrected chi connectivity index (χ1v) is 13.5. The molecule has 2 heterocycles. The molecule has 0 fully saturated rings. The van der Waals surface area contributed by atoms with Crippen LogP contribution in [0.2, 0.25) is 0 Å². The fourth-order valence-corrected chi connectivity index (χ4v) is 5.59. The van der Waals surface area contributed by atoms with E-state index in [0.717, 1.165) is 21.3 Å². The molecule has 0 aromatic heterocycles. The second-order valence-electron chi connectivity index (χ2n) is 9.38. The highest BCUT2D eigenvalue weighted by Crippen LogP contribution is 2.50. The average molecular weight is 593 g/mol. The van der Waals surface area contributed by atoms with Gasteiger partial charge in [-0.05, 0) is 65.7 Å². The molecule has 2 amide bonds. The van der Waals surface area contributed by atoms with Crippen LogP contribution in [0.25, 0.3) is 6.08 Å². The number of carbonyl (C=O) groups excluding carboxylic acids is 2. The number of anilines is 2. The third-order valence-corrected chi connectivity index (χ3v) is 7.64. The van der Waals surface area contributed by atoms with E-state index in [4.69, 9.17) is 9.47 Å². The van der Waals surface area contributed by atoms with Gasteiger partial charge in [0.1, 0.15) is 5.70 Å². The van der Waals surface area contributed by atoms with Gasteiger partial charge in [0.25, 0.3) is 11.8 Å². The molecule has 0 saturated heterocycles. The molecule has 0 bridgehead atoms. The molecule has 40 heavy (non-hydrogen) atoms. The van der Waals surface area contributed by atoms with Gasteiger partial charge in [-0.15, -0.1) is 0 Å². The van der Waals surface area contributed by atoms with Crippen molar-refractivity contribution in [2.45, 2.75) is 6.04 Å². The molecular weight excluding hydrogens is 568 g/mol. The quantitative estimate of drug-likeness (QED) is 0.228. The van der Waals surface area contributed by atoms with Gasteiger partial charge >= 0.3 is 0 Å². The van der Waals surface area contributed by atoms with Gasteiger partial charge in [-0.1, -0.05) is 70.5 Å². The second kappa shape index (κ2) is 10.5. The van der Waals surface area contributed by atoms with Crippen molar-refractivity contribution in [3.8, 4) is 11.5 Å². The molecule has 6 rings (SSSR count). The SMILES string of the molecule is COc1ccc(C=C2C(=O)N(c3ccccc3)C3=C2C(c2ccc(Br)cc2)N(c2ccccc2)C3=O)cc1OC. The minimum atomic E-state index is -0.512. The molecule has 0 aliphatic carbocycles. The van der Waals surface area contributed by atoms with Crippen LogP contribution in [0.15, 0.2) is 124 Å². The number of ether oxygens (including phenoxy) is 2. The molecule has 2 aliphatic rings. The molecule has 1 atom stereocenters. The molecule has 198 valence electrons. The first-order valence-electron chi connectivity index (χ1n) is 12.7. The van der Waals surface area contributed by atoms with E-state index < -0.39 is 6.04 Å². The second-order valence-corrected chi connectivity index (χ2v) is 10.3. The Morgan fingerprint density at radius 2 is 1.35 bits per heavy atom. The largest absolute Gasteiger partial charge is 0.493 e. The van der Waals surface area contributed by atoms with E-state index in [1.54, 1.807) is 30.1 Å². The molecule has 1 unspecified atom stereocenters. The van der Waals surface area contributed by atoms with E-state index in [2.05, 4.69) is 15.9 Å². The first kappa shape index (κ1) is 25.6. The van der Waals surface area contributed by atoms with Gasteiger partial charge in [-0.25, -0.2) is 0 Å². The zero-order chi connectivity index (χ0) is 27.8. The van der Waals surface area contributed by atoms with Crippen LogP contribution in [0, 0.1) is 0 Å². The lowest BCUT2D eigenvalue weighted by Gasteiger charge is -2.30. The predicted octanol–water partition coefficient (Wildman–Crippen LogP) is 6.94. The topological polar surface area (TPSA) is 59.1 Å². The first-order chi connectivity index (χ1) is 19.5. The van der Waals surface area contributed by atoms with Crippen LogP contribution in [0.4, 0.5) is 11.4 Å². The summed E-state index contributed by atoms with van der Waals surface area (Å²) in [6, 6.07) is 31.7. The number of benzene rings is 4. The summed E-state index contributed by atoms with van der Waals surface area (Å²) in [5.41, 5.74) is 4.51. The van der Waals surface area contributed by atoms with Crippen molar-refractivity contribution in [1.29, 1.82) is 0 Å². The normalized spacial score (nSPS) is 17.6. The van der Waals surface area contributed by atoms with E-state index in [9.17, 15) is 9.59 Å². The van der Waals surface area contributed by atoms with Crippen LogP contribution in [0.5, 0.6) is 11.5 Å². The smallest absolute Gasteiger partial charge is 0.276 e. The van der Waals surface area contributed by atoms with Crippen molar-refractivity contribution in [1.82, 2.24) is 0 Å². The number of halogens is 1. The fraction of sp³-hybridized carbons (Fsp3) is 0.0909. The highest BCUT2D eigenvalue weighted by Gasteiger charge is 2.52. The Hall–Kier alpha value is -4.62. The molecular formula is C33H25BrN2O4. The van der Waals surface area contributed by atoms with E-state index in [1.165, 1.54) is 0 Å². The summed E-state index contributed by atoms with van der Waals surface area (Å²) in [7, 11) is 3.15. The summed E-state index contributed by atoms with van der Waals surface area (Å²) in [4.78, 5) is 31.9. The Balaban J connectivity index is 1.60. The summed E-state index contributed by atoms with van der Waals surface area (Å²) in [5, 5.41) is 0. The number of hydrogen-bond donors (Lipinski definition) is 0. The zero-order valence-corrected chi connectivity index (χ0v) is 23.5. The summed E-state index contributed by atoms with van der Waals surface area (Å²) >= 11 is 3.53. The average Bonchev–Trinajstić information content (AvgIpc) is 3.44. The molecule has 0 radical (unpaired) electrons. The Kier molecular flexibility index (Phi) is 6.74. The van der Waals surface area contributed by atoms with Crippen LogP contribution in [0.1, 0.15) is 17.2 Å². The van der Waals surface area contributed by atoms with Gasteiger partial charge in [0.2, 0.25) is 0 Å². The summed E-state index contributed by atoms with van der Waals surface area (Å²) in [5.74, 6) is 0.651. The Labute approximate surface area is 240 Å². The predicted molar refractivity (Wildman–Crippen MR) is 159 cm³/mol. The van der Waals surface area contributed by atoms with Gasteiger partial charge in [0.05, 0.1) is 20.3 Å². The number of amides is 2. The van der Waals surface area contributed by atoms with Crippen molar-refractivity contribution in [3.05, 3.63) is 136 Å². The lowest BCUT2D eigenvalue weighted by Crippen LogP contribution is -2.38. The molecule has 0 saturated carbocycles. The van der Waals surface area contributed by atoms with Crippen LogP contribution >= 0.6 is 15.9 Å². The maximum atomic E-state index is 14.4. The molecule has 0 spiro atoms. The van der Waals surface area contributed by atoms with Crippen molar-refractivity contribution in [2.24, 2.45) is 0 Å². The number of nitrogens with zero attached hydrogens (tertiary/aromatic N) is 2. The summed E-state index contributed by atoms with van der Waals surface area (Å²) in [6.07, 6.45) is 1.83. The Morgan fingerprint density at radius 3 is 1.98 bits per heavy atom. The number of para-hydroxylation sites is 2. The highest BCUT2D eigenvalue weighted by atomic mass is 79.9. The van der Waals surface area contributed by atoms with E-state index in [-0.39, 0.29) is 11.8 Å². The molecule has 4 aromatic rings. The number of carbonyl (C=O) groups is 2. The van der Waals surface area contributed by atoms with Crippen LogP contribution < -0.4 is 19.3 Å². The van der Waals surface area contributed by atoms with Gasteiger partial charge in [-0.2, -0.15) is 0 Å². The molecule has 7 heteroatoms. The van der Waals surface area contributed by atoms with Crippen LogP contribution in [-0.4, -0.2) is 26.0 Å². The monoisotopic (exact) mass is 592 g/mol. The number of hydrogen-bond acceptors (Lipinski definition) is 4.